The van der Waals surface area contributed by atoms with Gasteiger partial charge in [0.05, 0.1) is 12.5 Å². The lowest BCUT2D eigenvalue weighted by Crippen LogP contribution is -2.29. The third-order valence-corrected chi connectivity index (χ3v) is 3.45. The van der Waals surface area contributed by atoms with Crippen molar-refractivity contribution in [3.63, 3.8) is 0 Å². The first-order valence-corrected chi connectivity index (χ1v) is 6.74. The summed E-state index contributed by atoms with van der Waals surface area (Å²) in [4.78, 5) is 0. The van der Waals surface area contributed by atoms with Crippen LogP contribution in [0.1, 0.15) is 31.7 Å². The maximum Gasteiger partial charge on any atom is 0.0669 e. The van der Waals surface area contributed by atoms with Crippen molar-refractivity contribution >= 4 is 5.69 Å². The van der Waals surface area contributed by atoms with Gasteiger partial charge in [0.25, 0.3) is 0 Å². The summed E-state index contributed by atoms with van der Waals surface area (Å²) in [5.74, 6) is 0. The van der Waals surface area contributed by atoms with Crippen LogP contribution in [0.2, 0.25) is 0 Å². The number of hydrogen-bond donors (Lipinski definition) is 2. The summed E-state index contributed by atoms with van der Waals surface area (Å²) in [7, 11) is 0. The van der Waals surface area contributed by atoms with Crippen LogP contribution in [0.25, 0.3) is 0 Å². The lowest BCUT2D eigenvalue weighted by Gasteiger charge is -2.19. The van der Waals surface area contributed by atoms with Crippen LogP contribution >= 0.6 is 0 Å². The number of nitrogens with one attached hydrogen (secondary N) is 2. The van der Waals surface area contributed by atoms with E-state index in [0.29, 0.717) is 18.5 Å². The molecule has 2 unspecified atom stereocenters. The zero-order valence-corrected chi connectivity index (χ0v) is 10.9. The minimum Gasteiger partial charge on any atom is -0.383 e. The lowest BCUT2D eigenvalue weighted by molar-refractivity contribution is 0.523. The third-order valence-electron chi connectivity index (χ3n) is 3.45. The highest BCUT2D eigenvalue weighted by molar-refractivity contribution is 5.45. The molecule has 0 spiro atoms. The monoisotopic (exact) mass is 243 g/mol. The fourth-order valence-electron chi connectivity index (χ4n) is 2.54. The standard InChI is InChI=1S/C15H21N3/c1-12(11-15-3-2-10-17-15)18-14-6-4-13(5-7-14)8-9-16/h4-7,12,15,17-18H,2-3,8,10-11H2,1H3. The summed E-state index contributed by atoms with van der Waals surface area (Å²) in [6, 6.07) is 11.5. The summed E-state index contributed by atoms with van der Waals surface area (Å²) in [5.41, 5.74) is 2.22. The van der Waals surface area contributed by atoms with E-state index in [0.717, 1.165) is 11.3 Å². The summed E-state index contributed by atoms with van der Waals surface area (Å²) < 4.78 is 0. The highest BCUT2D eigenvalue weighted by Crippen LogP contribution is 2.16. The summed E-state index contributed by atoms with van der Waals surface area (Å²) in [6.07, 6.45) is 4.26. The van der Waals surface area contributed by atoms with Crippen LogP contribution in [0, 0.1) is 11.3 Å². The molecular formula is C15H21N3. The van der Waals surface area contributed by atoms with Crippen LogP contribution in [0.3, 0.4) is 0 Å². The molecule has 0 aromatic heterocycles. The summed E-state index contributed by atoms with van der Waals surface area (Å²) in [6.45, 7) is 3.39. The number of nitriles is 1. The van der Waals surface area contributed by atoms with Gasteiger partial charge in [-0.3, -0.25) is 0 Å². The molecule has 1 aromatic rings. The number of nitrogens with zero attached hydrogens (tertiary/aromatic N) is 1. The van der Waals surface area contributed by atoms with Crippen LogP contribution in [-0.2, 0) is 6.42 Å². The molecule has 3 heteroatoms. The Morgan fingerprint density at radius 1 is 1.44 bits per heavy atom. The Morgan fingerprint density at radius 2 is 2.22 bits per heavy atom. The molecule has 0 saturated carbocycles. The molecule has 96 valence electrons. The van der Waals surface area contributed by atoms with Gasteiger partial charge in [-0.1, -0.05) is 12.1 Å². The molecular weight excluding hydrogens is 222 g/mol. The van der Waals surface area contributed by atoms with Gasteiger partial charge < -0.3 is 10.6 Å². The molecule has 1 aromatic carbocycles. The average molecular weight is 243 g/mol. The molecule has 3 nitrogen and oxygen atoms in total. The quantitative estimate of drug-likeness (QED) is 0.836. The Labute approximate surface area is 109 Å². The fourth-order valence-corrected chi connectivity index (χ4v) is 2.54. The van der Waals surface area contributed by atoms with Gasteiger partial charge in [-0.05, 0) is 50.4 Å². The molecule has 18 heavy (non-hydrogen) atoms. The first-order chi connectivity index (χ1) is 8.78. The molecule has 1 heterocycles. The second kappa shape index (κ2) is 6.42. The number of benzene rings is 1. The van der Waals surface area contributed by atoms with E-state index in [9.17, 15) is 0 Å². The Hall–Kier alpha value is -1.53. The Kier molecular flexibility index (Phi) is 4.60. The second-order valence-electron chi connectivity index (χ2n) is 5.11. The van der Waals surface area contributed by atoms with E-state index in [2.05, 4.69) is 35.8 Å². The van der Waals surface area contributed by atoms with Gasteiger partial charge in [-0.15, -0.1) is 0 Å². The zero-order valence-electron chi connectivity index (χ0n) is 10.9. The highest BCUT2D eigenvalue weighted by Gasteiger charge is 2.16. The molecule has 0 aliphatic carbocycles. The topological polar surface area (TPSA) is 47.8 Å². The van der Waals surface area contributed by atoms with Crippen molar-refractivity contribution in [1.29, 1.82) is 5.26 Å². The smallest absolute Gasteiger partial charge is 0.0669 e. The minimum atomic E-state index is 0.474. The Morgan fingerprint density at radius 3 is 2.83 bits per heavy atom. The molecule has 1 saturated heterocycles. The minimum absolute atomic E-state index is 0.474. The predicted molar refractivity (Wildman–Crippen MR) is 74.5 cm³/mol. The van der Waals surface area contributed by atoms with Gasteiger partial charge in [0, 0.05) is 17.8 Å². The lowest BCUT2D eigenvalue weighted by atomic mass is 10.1. The Balaban J connectivity index is 1.82. The Bertz CT molecular complexity index is 399. The van der Waals surface area contributed by atoms with E-state index in [1.54, 1.807) is 0 Å². The van der Waals surface area contributed by atoms with E-state index in [4.69, 9.17) is 5.26 Å². The van der Waals surface area contributed by atoms with Crippen molar-refractivity contribution in [1.82, 2.24) is 5.32 Å². The SMILES string of the molecule is CC(CC1CCCN1)Nc1ccc(CC#N)cc1. The second-order valence-corrected chi connectivity index (χ2v) is 5.11. The molecule has 0 amide bonds. The van der Waals surface area contributed by atoms with Gasteiger partial charge in [-0.2, -0.15) is 5.26 Å². The molecule has 2 atom stereocenters. The van der Waals surface area contributed by atoms with Crippen molar-refractivity contribution < 1.29 is 0 Å². The van der Waals surface area contributed by atoms with Crippen LogP contribution in [0.5, 0.6) is 0 Å². The van der Waals surface area contributed by atoms with Crippen molar-refractivity contribution in [3.05, 3.63) is 29.8 Å². The van der Waals surface area contributed by atoms with Gasteiger partial charge >= 0.3 is 0 Å². The molecule has 1 aliphatic rings. The molecule has 1 fully saturated rings. The van der Waals surface area contributed by atoms with Crippen LogP contribution in [0.15, 0.2) is 24.3 Å². The molecule has 1 aliphatic heterocycles. The van der Waals surface area contributed by atoms with Crippen molar-refractivity contribution in [2.45, 2.75) is 44.7 Å². The number of hydrogen-bond acceptors (Lipinski definition) is 3. The van der Waals surface area contributed by atoms with Gasteiger partial charge in [-0.25, -0.2) is 0 Å². The van der Waals surface area contributed by atoms with E-state index >= 15 is 0 Å². The maximum atomic E-state index is 8.62. The van der Waals surface area contributed by atoms with E-state index in [1.807, 2.05) is 12.1 Å². The molecule has 2 N–H and O–H groups in total. The van der Waals surface area contributed by atoms with Crippen molar-refractivity contribution in [2.24, 2.45) is 0 Å². The van der Waals surface area contributed by atoms with Crippen molar-refractivity contribution in [2.75, 3.05) is 11.9 Å². The normalized spacial score (nSPS) is 20.3. The van der Waals surface area contributed by atoms with Crippen molar-refractivity contribution in [3.8, 4) is 6.07 Å². The van der Waals surface area contributed by atoms with E-state index in [-0.39, 0.29) is 0 Å². The van der Waals surface area contributed by atoms with Crippen LogP contribution in [0.4, 0.5) is 5.69 Å². The molecule has 0 bridgehead atoms. The third kappa shape index (κ3) is 3.75. The summed E-state index contributed by atoms with van der Waals surface area (Å²) >= 11 is 0. The molecule has 2 rings (SSSR count). The molecule has 0 radical (unpaired) electrons. The number of rotatable bonds is 5. The zero-order chi connectivity index (χ0) is 12.8. The van der Waals surface area contributed by atoms with E-state index < -0.39 is 0 Å². The maximum absolute atomic E-state index is 8.62. The highest BCUT2D eigenvalue weighted by atomic mass is 15.0. The predicted octanol–water partition coefficient (Wildman–Crippen LogP) is 2.70. The summed E-state index contributed by atoms with van der Waals surface area (Å²) in [5, 5.41) is 15.7. The van der Waals surface area contributed by atoms with Gasteiger partial charge in [0.15, 0.2) is 0 Å². The van der Waals surface area contributed by atoms with Gasteiger partial charge in [0.1, 0.15) is 0 Å². The average Bonchev–Trinajstić information content (AvgIpc) is 2.84. The van der Waals surface area contributed by atoms with E-state index in [1.165, 1.54) is 25.8 Å². The number of anilines is 1. The first kappa shape index (κ1) is 12.9. The largest absolute Gasteiger partial charge is 0.383 e. The van der Waals surface area contributed by atoms with Crippen LogP contribution < -0.4 is 10.6 Å². The fraction of sp³-hybridized carbons (Fsp3) is 0.533. The van der Waals surface area contributed by atoms with Crippen LogP contribution in [-0.4, -0.2) is 18.6 Å². The first-order valence-electron chi connectivity index (χ1n) is 6.74. The van der Waals surface area contributed by atoms with Gasteiger partial charge in [0.2, 0.25) is 0 Å².